The van der Waals surface area contributed by atoms with Crippen molar-refractivity contribution >= 4 is 41.7 Å². The topological polar surface area (TPSA) is 238 Å². The van der Waals surface area contributed by atoms with Crippen molar-refractivity contribution < 1.29 is 39.0 Å². The van der Waals surface area contributed by atoms with E-state index >= 15 is 0 Å². The van der Waals surface area contributed by atoms with E-state index in [1.165, 1.54) is 17.0 Å². The lowest BCUT2D eigenvalue weighted by Crippen LogP contribution is -2.52. The van der Waals surface area contributed by atoms with Crippen molar-refractivity contribution in [2.24, 2.45) is 16.5 Å². The van der Waals surface area contributed by atoms with Gasteiger partial charge in [0.25, 0.3) is 5.91 Å². The minimum Gasteiger partial charge on any atom is -0.481 e. The van der Waals surface area contributed by atoms with E-state index in [0.717, 1.165) is 0 Å². The van der Waals surface area contributed by atoms with E-state index in [4.69, 9.17) is 11.5 Å². The van der Waals surface area contributed by atoms with Crippen molar-refractivity contribution in [1.82, 2.24) is 20.4 Å². The Hall–Kier alpha value is -4.69. The lowest BCUT2D eigenvalue weighted by atomic mass is 10.1. The summed E-state index contributed by atoms with van der Waals surface area (Å²) in [6, 6.07) is 2.96. The fourth-order valence-corrected chi connectivity index (χ4v) is 3.91. The van der Waals surface area contributed by atoms with E-state index in [1.807, 2.05) is 0 Å². The zero-order valence-corrected chi connectivity index (χ0v) is 20.7. The second kappa shape index (κ2) is 13.6. The van der Waals surface area contributed by atoms with E-state index in [9.17, 15) is 39.0 Å². The first-order valence-corrected chi connectivity index (χ1v) is 11.7. The highest BCUT2D eigenvalue weighted by atomic mass is 16.4. The molecule has 0 saturated carbocycles. The van der Waals surface area contributed by atoms with Crippen LogP contribution in [-0.4, -0.2) is 93.4 Å². The van der Waals surface area contributed by atoms with Crippen molar-refractivity contribution in [2.45, 2.75) is 44.3 Å². The third-order valence-corrected chi connectivity index (χ3v) is 5.67. The number of amides is 5. The number of hydrogen-bond donors (Lipinski definition) is 6. The maximum atomic E-state index is 12.9. The summed E-state index contributed by atoms with van der Waals surface area (Å²) >= 11 is 0. The van der Waals surface area contributed by atoms with E-state index in [2.05, 4.69) is 15.6 Å². The van der Waals surface area contributed by atoms with Gasteiger partial charge in [0.05, 0.1) is 6.42 Å². The highest BCUT2D eigenvalue weighted by Gasteiger charge is 2.44. The number of hydrogen-bond acceptors (Lipinski definition) is 7. The smallest absolute Gasteiger partial charge is 0.330 e. The van der Waals surface area contributed by atoms with Crippen LogP contribution in [0.2, 0.25) is 0 Å². The maximum Gasteiger partial charge on any atom is 0.330 e. The largest absolute Gasteiger partial charge is 0.481 e. The summed E-state index contributed by atoms with van der Waals surface area (Å²) in [6.07, 6.45) is -0.229. The molecular formula is C23H31N7O8. The second-order valence-corrected chi connectivity index (χ2v) is 8.37. The van der Waals surface area contributed by atoms with Gasteiger partial charge in [-0.3, -0.25) is 29.1 Å². The number of aliphatic carboxylic acids is 2. The molecule has 1 aromatic rings. The molecule has 0 aliphatic carbocycles. The summed E-state index contributed by atoms with van der Waals surface area (Å²) < 4.78 is 0. The van der Waals surface area contributed by atoms with Gasteiger partial charge in [-0.15, -0.1) is 0 Å². The van der Waals surface area contributed by atoms with Crippen LogP contribution >= 0.6 is 0 Å². The van der Waals surface area contributed by atoms with Crippen LogP contribution < -0.4 is 22.1 Å². The molecule has 0 spiro atoms. The van der Waals surface area contributed by atoms with Gasteiger partial charge < -0.3 is 37.2 Å². The highest BCUT2D eigenvalue weighted by Crippen LogP contribution is 2.21. The predicted molar refractivity (Wildman–Crippen MR) is 132 cm³/mol. The molecule has 15 heteroatoms. The first-order chi connectivity index (χ1) is 18.0. The molecule has 1 aromatic carbocycles. The van der Waals surface area contributed by atoms with Gasteiger partial charge in [0.1, 0.15) is 18.6 Å². The van der Waals surface area contributed by atoms with Crippen LogP contribution in [-0.2, 0) is 24.0 Å². The Balaban J connectivity index is 2.10. The molecule has 1 aliphatic rings. The molecule has 2 rings (SSSR count). The standard InChI is InChI=1S/C23H31N7O8/c1-2-29-15(9-6-10-26-22(24)25)20(35)30(23(29)38)12-16(31)27-14(11-17(32)33)19(34)28-18(21(36)37)13-7-4-3-5-8-13/h3-5,7-8,14-15,18H,2,6,9-12H2,1H3,(H,27,31)(H,28,34)(H,32,33)(H,36,37)(H4,24,25,26)/t14-,15-,18+/m0/s1. The monoisotopic (exact) mass is 533 g/mol. The Morgan fingerprint density at radius 1 is 1.08 bits per heavy atom. The fraction of sp³-hybridized carbons (Fsp3) is 0.435. The van der Waals surface area contributed by atoms with Crippen LogP contribution in [0.3, 0.4) is 0 Å². The van der Waals surface area contributed by atoms with Gasteiger partial charge in [-0.1, -0.05) is 30.3 Å². The zero-order chi connectivity index (χ0) is 28.4. The van der Waals surface area contributed by atoms with Gasteiger partial charge in [0, 0.05) is 13.1 Å². The van der Waals surface area contributed by atoms with Crippen molar-refractivity contribution in [2.75, 3.05) is 19.6 Å². The Morgan fingerprint density at radius 2 is 1.74 bits per heavy atom. The molecular weight excluding hydrogens is 502 g/mol. The number of nitrogens with two attached hydrogens (primary N) is 2. The van der Waals surface area contributed by atoms with Gasteiger partial charge in [0.15, 0.2) is 12.0 Å². The molecule has 0 bridgehead atoms. The average Bonchev–Trinajstić information content (AvgIpc) is 3.07. The number of imide groups is 1. The Kier molecular flexibility index (Phi) is 10.6. The SMILES string of the molecule is CCN1C(=O)N(CC(=O)N[C@@H](CC(=O)O)C(=O)N[C@@H](C(=O)O)c2ccccc2)C(=O)[C@@H]1CCCN=C(N)N. The number of nitrogens with zero attached hydrogens (tertiary/aromatic N) is 3. The van der Waals surface area contributed by atoms with Gasteiger partial charge >= 0.3 is 18.0 Å². The summed E-state index contributed by atoms with van der Waals surface area (Å²) in [5.41, 5.74) is 10.8. The third-order valence-electron chi connectivity index (χ3n) is 5.67. The molecule has 1 aliphatic heterocycles. The molecule has 5 amide bonds. The summed E-state index contributed by atoms with van der Waals surface area (Å²) in [7, 11) is 0. The van der Waals surface area contributed by atoms with E-state index in [-0.39, 0.29) is 31.0 Å². The van der Waals surface area contributed by atoms with Crippen molar-refractivity contribution in [1.29, 1.82) is 0 Å². The fourth-order valence-electron chi connectivity index (χ4n) is 3.91. The average molecular weight is 534 g/mol. The number of rotatable bonds is 14. The van der Waals surface area contributed by atoms with Gasteiger partial charge in [0.2, 0.25) is 11.8 Å². The Labute approximate surface area is 217 Å². The molecule has 8 N–H and O–H groups in total. The minimum absolute atomic E-state index is 0.108. The van der Waals surface area contributed by atoms with Gasteiger partial charge in [-0.05, 0) is 25.3 Å². The number of nitrogens with one attached hydrogen (secondary N) is 2. The number of benzene rings is 1. The normalized spacial score (nSPS) is 16.5. The van der Waals surface area contributed by atoms with Gasteiger partial charge in [-0.25, -0.2) is 9.59 Å². The van der Waals surface area contributed by atoms with Crippen molar-refractivity contribution in [3.8, 4) is 0 Å². The van der Waals surface area contributed by atoms with Crippen molar-refractivity contribution in [3.05, 3.63) is 35.9 Å². The number of carboxylic acids is 2. The Bertz CT molecular complexity index is 1090. The van der Waals surface area contributed by atoms with Crippen LogP contribution in [0, 0.1) is 0 Å². The first kappa shape index (κ1) is 29.5. The molecule has 0 radical (unpaired) electrons. The number of likely N-dealkylation sites (N-methyl/N-ethyl adjacent to an activating group) is 1. The molecule has 3 atom stereocenters. The lowest BCUT2D eigenvalue weighted by Gasteiger charge is -2.22. The second-order valence-electron chi connectivity index (χ2n) is 8.37. The van der Waals surface area contributed by atoms with Crippen LogP contribution in [0.25, 0.3) is 0 Å². The summed E-state index contributed by atoms with van der Waals surface area (Å²) in [4.78, 5) is 80.0. The number of carbonyl (C=O) groups excluding carboxylic acids is 4. The number of carbonyl (C=O) groups is 6. The third kappa shape index (κ3) is 7.91. The molecule has 1 fully saturated rings. The molecule has 38 heavy (non-hydrogen) atoms. The number of urea groups is 1. The van der Waals surface area contributed by atoms with Crippen LogP contribution in [0.4, 0.5) is 4.79 Å². The lowest BCUT2D eigenvalue weighted by molar-refractivity contribution is -0.143. The number of carboxylic acid groups (broad SMARTS) is 2. The number of aliphatic imine (C=N–C) groups is 1. The van der Waals surface area contributed by atoms with E-state index in [1.54, 1.807) is 25.1 Å². The molecule has 1 heterocycles. The quantitative estimate of drug-likeness (QED) is 0.0707. The van der Waals surface area contributed by atoms with Crippen LogP contribution in [0.1, 0.15) is 37.8 Å². The van der Waals surface area contributed by atoms with E-state index in [0.29, 0.717) is 11.3 Å². The molecule has 206 valence electrons. The number of guanidine groups is 1. The first-order valence-electron chi connectivity index (χ1n) is 11.7. The predicted octanol–water partition coefficient (Wildman–Crippen LogP) is -1.41. The zero-order valence-electron chi connectivity index (χ0n) is 20.7. The molecule has 0 unspecified atom stereocenters. The van der Waals surface area contributed by atoms with Crippen molar-refractivity contribution in [3.63, 3.8) is 0 Å². The minimum atomic E-state index is -1.67. The molecule has 15 nitrogen and oxygen atoms in total. The molecule has 0 aromatic heterocycles. The Morgan fingerprint density at radius 3 is 2.29 bits per heavy atom. The molecule has 1 saturated heterocycles. The van der Waals surface area contributed by atoms with E-state index < -0.39 is 66.8 Å². The highest BCUT2D eigenvalue weighted by molar-refractivity contribution is 6.06. The summed E-state index contributed by atoms with van der Waals surface area (Å²) in [5.74, 6) is -5.62. The maximum absolute atomic E-state index is 12.9. The van der Waals surface area contributed by atoms with Crippen LogP contribution in [0.15, 0.2) is 35.3 Å². The van der Waals surface area contributed by atoms with Gasteiger partial charge in [-0.2, -0.15) is 0 Å². The summed E-state index contributed by atoms with van der Waals surface area (Å²) in [6.45, 7) is 1.33. The summed E-state index contributed by atoms with van der Waals surface area (Å²) in [5, 5.41) is 23.1. The van der Waals surface area contributed by atoms with Crippen LogP contribution in [0.5, 0.6) is 0 Å².